The molecule has 0 amide bonds. The molecule has 0 spiro atoms. The molecule has 17 heavy (non-hydrogen) atoms. The van der Waals surface area contributed by atoms with E-state index in [9.17, 15) is 0 Å². The molecule has 0 atom stereocenters. The molecule has 1 aromatic rings. The van der Waals surface area contributed by atoms with E-state index < -0.39 is 0 Å². The second-order valence-electron chi connectivity index (χ2n) is 4.04. The number of hydrogen-bond acceptors (Lipinski definition) is 3. The van der Waals surface area contributed by atoms with Gasteiger partial charge in [-0.1, -0.05) is 0 Å². The first-order valence-corrected chi connectivity index (χ1v) is 6.04. The zero-order valence-electron chi connectivity index (χ0n) is 10.9. The van der Waals surface area contributed by atoms with Crippen LogP contribution in [0.25, 0.3) is 0 Å². The van der Waals surface area contributed by atoms with E-state index in [0.29, 0.717) is 5.69 Å². The number of ether oxygens (including phenoxy) is 1. The minimum absolute atomic E-state index is 0.716. The molecule has 0 aromatic carbocycles. The van der Waals surface area contributed by atoms with Crippen molar-refractivity contribution in [3.8, 4) is 6.07 Å². The Morgan fingerprint density at radius 2 is 2.29 bits per heavy atom. The highest BCUT2D eigenvalue weighted by Crippen LogP contribution is 2.12. The van der Waals surface area contributed by atoms with Crippen molar-refractivity contribution in [1.29, 1.82) is 5.26 Å². The second-order valence-corrected chi connectivity index (χ2v) is 4.04. The Kier molecular flexibility index (Phi) is 5.75. The van der Waals surface area contributed by atoms with E-state index in [1.54, 1.807) is 0 Å². The summed E-state index contributed by atoms with van der Waals surface area (Å²) in [5.74, 6) is 0. The molecule has 0 bridgehead atoms. The van der Waals surface area contributed by atoms with Crippen molar-refractivity contribution in [2.45, 2.75) is 26.8 Å². The van der Waals surface area contributed by atoms with Crippen molar-refractivity contribution in [1.82, 2.24) is 9.88 Å². The summed E-state index contributed by atoms with van der Waals surface area (Å²) in [5, 5.41) is 12.3. The molecule has 0 saturated heterocycles. The summed E-state index contributed by atoms with van der Waals surface area (Å²) < 4.78 is 7.19. The summed E-state index contributed by atoms with van der Waals surface area (Å²) in [4.78, 5) is 0. The molecule has 4 heteroatoms. The number of nitriles is 1. The van der Waals surface area contributed by atoms with Crippen molar-refractivity contribution in [3.05, 3.63) is 23.0 Å². The lowest BCUT2D eigenvalue weighted by molar-refractivity contribution is 0.144. The molecule has 0 aliphatic heterocycles. The Morgan fingerprint density at radius 1 is 1.53 bits per heavy atom. The Bertz CT molecular complexity index is 390. The third-order valence-electron chi connectivity index (χ3n) is 2.92. The van der Waals surface area contributed by atoms with Crippen LogP contribution in [0.4, 0.5) is 0 Å². The van der Waals surface area contributed by atoms with Crippen LogP contribution in [0.15, 0.2) is 6.07 Å². The Hall–Kier alpha value is -1.31. The van der Waals surface area contributed by atoms with Gasteiger partial charge in [-0.3, -0.25) is 0 Å². The van der Waals surface area contributed by atoms with Gasteiger partial charge in [-0.2, -0.15) is 5.26 Å². The van der Waals surface area contributed by atoms with Gasteiger partial charge in [0.1, 0.15) is 11.8 Å². The zero-order valence-corrected chi connectivity index (χ0v) is 10.9. The highest BCUT2D eigenvalue weighted by atomic mass is 16.5. The fourth-order valence-corrected chi connectivity index (χ4v) is 1.72. The lowest BCUT2D eigenvalue weighted by atomic mass is 10.2. The first kappa shape index (κ1) is 13.8. The summed E-state index contributed by atoms with van der Waals surface area (Å²) in [7, 11) is 1.92. The summed E-state index contributed by atoms with van der Waals surface area (Å²) in [5.41, 5.74) is 3.06. The van der Waals surface area contributed by atoms with Crippen LogP contribution in [0.5, 0.6) is 0 Å². The molecule has 0 radical (unpaired) electrons. The van der Waals surface area contributed by atoms with E-state index in [1.165, 1.54) is 5.56 Å². The molecule has 4 nitrogen and oxygen atoms in total. The fraction of sp³-hybridized carbons (Fsp3) is 0.615. The molecule has 0 saturated carbocycles. The van der Waals surface area contributed by atoms with Gasteiger partial charge in [-0.25, -0.2) is 0 Å². The molecule has 94 valence electrons. The predicted octanol–water partition coefficient (Wildman–Crippen LogP) is 1.72. The van der Waals surface area contributed by atoms with Crippen LogP contribution in [0.1, 0.15) is 30.3 Å². The highest BCUT2D eigenvalue weighted by Gasteiger charge is 2.07. The van der Waals surface area contributed by atoms with Crippen molar-refractivity contribution in [2.24, 2.45) is 7.05 Å². The van der Waals surface area contributed by atoms with Crippen LogP contribution in [0, 0.1) is 18.3 Å². The van der Waals surface area contributed by atoms with E-state index in [4.69, 9.17) is 10.00 Å². The van der Waals surface area contributed by atoms with Crippen LogP contribution < -0.4 is 5.32 Å². The number of nitrogens with zero attached hydrogens (tertiary/aromatic N) is 2. The minimum Gasteiger partial charge on any atom is -0.382 e. The average molecular weight is 235 g/mol. The molecule has 1 heterocycles. The zero-order chi connectivity index (χ0) is 12.7. The van der Waals surface area contributed by atoms with Gasteiger partial charge < -0.3 is 14.6 Å². The maximum absolute atomic E-state index is 8.92. The van der Waals surface area contributed by atoms with E-state index in [-0.39, 0.29) is 0 Å². The summed E-state index contributed by atoms with van der Waals surface area (Å²) in [6, 6.07) is 4.14. The number of nitrogens with one attached hydrogen (secondary N) is 1. The van der Waals surface area contributed by atoms with Gasteiger partial charge in [-0.05, 0) is 38.4 Å². The molecule has 0 aliphatic carbocycles. The van der Waals surface area contributed by atoms with E-state index in [1.807, 2.05) is 31.5 Å². The quantitative estimate of drug-likeness (QED) is 0.732. The second kappa shape index (κ2) is 7.10. The van der Waals surface area contributed by atoms with E-state index in [0.717, 1.165) is 38.4 Å². The maximum Gasteiger partial charge on any atom is 0.120 e. The summed E-state index contributed by atoms with van der Waals surface area (Å²) in [6.07, 6.45) is 1.02. The van der Waals surface area contributed by atoms with Crippen molar-refractivity contribution in [3.63, 3.8) is 0 Å². The van der Waals surface area contributed by atoms with Gasteiger partial charge in [0.25, 0.3) is 0 Å². The average Bonchev–Trinajstić information content (AvgIpc) is 2.61. The van der Waals surface area contributed by atoms with Crippen LogP contribution in [0.3, 0.4) is 0 Å². The summed E-state index contributed by atoms with van der Waals surface area (Å²) in [6.45, 7) is 7.38. The molecule has 1 N–H and O–H groups in total. The lowest BCUT2D eigenvalue weighted by Gasteiger charge is -2.05. The molecular formula is C13H21N3O. The van der Waals surface area contributed by atoms with Crippen LogP contribution >= 0.6 is 0 Å². The summed E-state index contributed by atoms with van der Waals surface area (Å²) >= 11 is 0. The Balaban J connectivity index is 2.35. The van der Waals surface area contributed by atoms with Gasteiger partial charge in [0.2, 0.25) is 0 Å². The number of aromatic nitrogens is 1. The predicted molar refractivity (Wildman–Crippen MR) is 67.7 cm³/mol. The molecular weight excluding hydrogens is 214 g/mol. The molecule has 1 aromatic heterocycles. The van der Waals surface area contributed by atoms with Crippen LogP contribution in [-0.2, 0) is 18.3 Å². The first-order valence-electron chi connectivity index (χ1n) is 6.04. The third kappa shape index (κ3) is 3.88. The Morgan fingerprint density at radius 3 is 2.88 bits per heavy atom. The highest BCUT2D eigenvalue weighted by molar-refractivity contribution is 5.33. The minimum atomic E-state index is 0.716. The smallest absolute Gasteiger partial charge is 0.120 e. The standard InChI is InChI=1S/C13H21N3O/c1-4-17-7-5-6-15-10-12-8-13(9-14)16(3)11(12)2/h8,15H,4-7,10H2,1-3H3. The molecule has 1 rings (SSSR count). The SMILES string of the molecule is CCOCCCNCc1cc(C#N)n(C)c1C. The van der Waals surface area contributed by atoms with Crippen molar-refractivity contribution >= 4 is 0 Å². The third-order valence-corrected chi connectivity index (χ3v) is 2.92. The first-order chi connectivity index (χ1) is 8.20. The normalized spacial score (nSPS) is 10.5. The molecule has 0 unspecified atom stereocenters. The van der Waals surface area contributed by atoms with Gasteiger partial charge >= 0.3 is 0 Å². The number of hydrogen-bond donors (Lipinski definition) is 1. The largest absolute Gasteiger partial charge is 0.382 e. The van der Waals surface area contributed by atoms with Crippen LogP contribution in [0.2, 0.25) is 0 Å². The lowest BCUT2D eigenvalue weighted by Crippen LogP contribution is -2.16. The topological polar surface area (TPSA) is 50.0 Å². The Labute approximate surface area is 103 Å². The van der Waals surface area contributed by atoms with Crippen molar-refractivity contribution < 1.29 is 4.74 Å². The maximum atomic E-state index is 8.92. The fourth-order valence-electron chi connectivity index (χ4n) is 1.72. The monoisotopic (exact) mass is 235 g/mol. The van der Waals surface area contributed by atoms with Crippen molar-refractivity contribution in [2.75, 3.05) is 19.8 Å². The van der Waals surface area contributed by atoms with Gasteiger partial charge in [0, 0.05) is 32.5 Å². The van der Waals surface area contributed by atoms with Crippen LogP contribution in [-0.4, -0.2) is 24.3 Å². The van der Waals surface area contributed by atoms with E-state index in [2.05, 4.69) is 11.4 Å². The van der Waals surface area contributed by atoms with Gasteiger partial charge in [0.05, 0.1) is 0 Å². The number of rotatable bonds is 7. The van der Waals surface area contributed by atoms with Gasteiger partial charge in [0.15, 0.2) is 0 Å². The molecule has 0 fully saturated rings. The van der Waals surface area contributed by atoms with E-state index >= 15 is 0 Å². The molecule has 0 aliphatic rings. The van der Waals surface area contributed by atoms with Gasteiger partial charge in [-0.15, -0.1) is 0 Å².